The van der Waals surface area contributed by atoms with Crippen LogP contribution < -0.4 is 10.0 Å². The molecule has 6 nitrogen and oxygen atoms in total. The van der Waals surface area contributed by atoms with E-state index in [1.54, 1.807) is 18.2 Å². The first-order valence-corrected chi connectivity index (χ1v) is 8.20. The summed E-state index contributed by atoms with van der Waals surface area (Å²) in [5.41, 5.74) is 2.03. The molecule has 0 radical (unpaired) electrons. The van der Waals surface area contributed by atoms with Crippen LogP contribution >= 0.6 is 0 Å². The van der Waals surface area contributed by atoms with E-state index in [9.17, 15) is 8.42 Å². The van der Waals surface area contributed by atoms with Gasteiger partial charge >= 0.3 is 0 Å². The summed E-state index contributed by atoms with van der Waals surface area (Å²) in [6.45, 7) is 5.53. The van der Waals surface area contributed by atoms with Crippen molar-refractivity contribution in [2.75, 3.05) is 6.54 Å². The molecule has 0 saturated carbocycles. The molecular formula is C14H19N3O3S. The molecule has 7 heteroatoms. The first kappa shape index (κ1) is 15.7. The Bertz CT molecular complexity index is 681. The topological polar surface area (TPSA) is 84.2 Å². The fourth-order valence-corrected chi connectivity index (χ4v) is 2.89. The number of aromatic nitrogens is 1. The van der Waals surface area contributed by atoms with E-state index >= 15 is 0 Å². The van der Waals surface area contributed by atoms with E-state index in [0.717, 1.165) is 17.7 Å². The molecule has 0 bridgehead atoms. The second kappa shape index (κ2) is 6.84. The highest BCUT2D eigenvalue weighted by molar-refractivity contribution is 7.89. The largest absolute Gasteiger partial charge is 0.360 e. The fourth-order valence-electron chi connectivity index (χ4n) is 1.85. The molecule has 0 spiro atoms. The molecule has 2 N–H and O–H groups in total. The van der Waals surface area contributed by atoms with Crippen molar-refractivity contribution >= 4 is 10.0 Å². The average molecular weight is 309 g/mol. The van der Waals surface area contributed by atoms with Gasteiger partial charge in [0.1, 0.15) is 0 Å². The lowest BCUT2D eigenvalue weighted by Crippen LogP contribution is -2.23. The zero-order valence-electron chi connectivity index (χ0n) is 12.1. The van der Waals surface area contributed by atoms with E-state index in [1.807, 2.05) is 19.9 Å². The first-order chi connectivity index (χ1) is 10.0. The van der Waals surface area contributed by atoms with Gasteiger partial charge in [0.25, 0.3) is 0 Å². The predicted molar refractivity (Wildman–Crippen MR) is 79.1 cm³/mol. The van der Waals surface area contributed by atoms with Gasteiger partial charge in [0.05, 0.1) is 17.6 Å². The zero-order valence-corrected chi connectivity index (χ0v) is 12.9. The molecule has 0 aliphatic rings. The maximum absolute atomic E-state index is 12.3. The number of aryl methyl sites for hydroxylation is 1. The third kappa shape index (κ3) is 4.13. The van der Waals surface area contributed by atoms with Crippen LogP contribution in [0.15, 0.2) is 39.9 Å². The average Bonchev–Trinajstić information content (AvgIpc) is 2.97. The molecule has 0 fully saturated rings. The molecule has 114 valence electrons. The van der Waals surface area contributed by atoms with Gasteiger partial charge in [0.15, 0.2) is 5.76 Å². The number of nitrogens with zero attached hydrogens (tertiary/aromatic N) is 1. The van der Waals surface area contributed by atoms with Crippen LogP contribution in [0.4, 0.5) is 0 Å². The van der Waals surface area contributed by atoms with Gasteiger partial charge in [0.2, 0.25) is 10.0 Å². The van der Waals surface area contributed by atoms with Gasteiger partial charge in [-0.3, -0.25) is 0 Å². The molecular weight excluding hydrogens is 290 g/mol. The summed E-state index contributed by atoms with van der Waals surface area (Å²) in [5.74, 6) is 0.471. The Labute approximate surface area is 124 Å². The Balaban J connectivity index is 2.15. The van der Waals surface area contributed by atoms with E-state index < -0.39 is 10.0 Å². The smallest absolute Gasteiger partial charge is 0.240 e. The van der Waals surface area contributed by atoms with Crippen LogP contribution in [0.25, 0.3) is 0 Å². The highest BCUT2D eigenvalue weighted by Crippen LogP contribution is 2.16. The second-order valence-corrected chi connectivity index (χ2v) is 6.44. The van der Waals surface area contributed by atoms with Gasteiger partial charge in [-0.05, 0) is 36.7 Å². The van der Waals surface area contributed by atoms with Crippen LogP contribution in [-0.4, -0.2) is 20.1 Å². The Morgan fingerprint density at radius 2 is 2.05 bits per heavy atom. The van der Waals surface area contributed by atoms with E-state index in [2.05, 4.69) is 15.2 Å². The molecule has 0 atom stereocenters. The summed E-state index contributed by atoms with van der Waals surface area (Å²) < 4.78 is 31.9. The molecule has 1 aromatic heterocycles. The van der Waals surface area contributed by atoms with E-state index in [1.165, 1.54) is 6.20 Å². The van der Waals surface area contributed by atoms with Gasteiger partial charge in [-0.2, -0.15) is 0 Å². The number of hydrogen-bond donors (Lipinski definition) is 2. The van der Waals surface area contributed by atoms with Crippen LogP contribution in [-0.2, 0) is 23.1 Å². The SMILES string of the molecule is CCNCc1cc(S(=O)(=O)NCc2ccno2)ccc1C. The van der Waals surface area contributed by atoms with Gasteiger partial charge in [-0.25, -0.2) is 13.1 Å². The number of sulfonamides is 1. The van der Waals surface area contributed by atoms with Crippen molar-refractivity contribution in [3.05, 3.63) is 47.3 Å². The molecule has 0 unspecified atom stereocenters. The maximum Gasteiger partial charge on any atom is 0.240 e. The highest BCUT2D eigenvalue weighted by Gasteiger charge is 2.15. The summed E-state index contributed by atoms with van der Waals surface area (Å²) in [5, 5.41) is 6.74. The number of nitrogens with one attached hydrogen (secondary N) is 2. The Morgan fingerprint density at radius 3 is 2.71 bits per heavy atom. The van der Waals surface area contributed by atoms with E-state index in [4.69, 9.17) is 4.52 Å². The summed E-state index contributed by atoms with van der Waals surface area (Å²) in [7, 11) is -3.57. The Morgan fingerprint density at radius 1 is 1.24 bits per heavy atom. The highest BCUT2D eigenvalue weighted by atomic mass is 32.2. The lowest BCUT2D eigenvalue weighted by molar-refractivity contribution is 0.380. The van der Waals surface area contributed by atoms with E-state index in [0.29, 0.717) is 12.3 Å². The van der Waals surface area contributed by atoms with Gasteiger partial charge in [0, 0.05) is 12.6 Å². The second-order valence-electron chi connectivity index (χ2n) is 4.67. The normalized spacial score (nSPS) is 11.7. The summed E-state index contributed by atoms with van der Waals surface area (Å²) >= 11 is 0. The van der Waals surface area contributed by atoms with Crippen LogP contribution in [0, 0.1) is 6.92 Å². The zero-order chi connectivity index (χ0) is 15.3. The molecule has 0 aliphatic heterocycles. The van der Waals surface area contributed by atoms with Crippen molar-refractivity contribution in [3.63, 3.8) is 0 Å². The summed E-state index contributed by atoms with van der Waals surface area (Å²) in [6, 6.07) is 6.73. The molecule has 0 amide bonds. The quantitative estimate of drug-likeness (QED) is 0.811. The Hall–Kier alpha value is -1.70. The number of benzene rings is 1. The lowest BCUT2D eigenvalue weighted by Gasteiger charge is -2.10. The standard InChI is InChI=1S/C14H19N3O3S/c1-3-15-9-12-8-14(5-4-11(12)2)21(18,19)17-10-13-6-7-16-20-13/h4-8,15,17H,3,9-10H2,1-2H3. The molecule has 0 saturated heterocycles. The summed E-state index contributed by atoms with van der Waals surface area (Å²) in [6.07, 6.45) is 1.48. The van der Waals surface area contributed by atoms with Gasteiger partial charge < -0.3 is 9.84 Å². The monoisotopic (exact) mass is 309 g/mol. The van der Waals surface area contributed by atoms with Crippen molar-refractivity contribution in [1.29, 1.82) is 0 Å². The molecule has 1 aromatic carbocycles. The molecule has 0 aliphatic carbocycles. The number of hydrogen-bond acceptors (Lipinski definition) is 5. The van der Waals surface area contributed by atoms with Crippen molar-refractivity contribution < 1.29 is 12.9 Å². The first-order valence-electron chi connectivity index (χ1n) is 6.72. The van der Waals surface area contributed by atoms with Gasteiger partial charge in [-0.15, -0.1) is 0 Å². The van der Waals surface area contributed by atoms with Crippen LogP contribution in [0.1, 0.15) is 23.8 Å². The Kier molecular flexibility index (Phi) is 5.11. The molecule has 21 heavy (non-hydrogen) atoms. The summed E-state index contributed by atoms with van der Waals surface area (Å²) in [4.78, 5) is 0.250. The molecule has 1 heterocycles. The minimum atomic E-state index is -3.57. The third-order valence-corrected chi connectivity index (χ3v) is 4.52. The minimum absolute atomic E-state index is 0.0821. The number of rotatable bonds is 7. The minimum Gasteiger partial charge on any atom is -0.360 e. The van der Waals surface area contributed by atoms with Crippen molar-refractivity contribution in [2.24, 2.45) is 0 Å². The van der Waals surface area contributed by atoms with Crippen molar-refractivity contribution in [2.45, 2.75) is 31.8 Å². The fraction of sp³-hybridized carbons (Fsp3) is 0.357. The van der Waals surface area contributed by atoms with Crippen LogP contribution in [0.5, 0.6) is 0 Å². The van der Waals surface area contributed by atoms with Crippen molar-refractivity contribution in [3.8, 4) is 0 Å². The van der Waals surface area contributed by atoms with Crippen LogP contribution in [0.3, 0.4) is 0 Å². The molecule has 2 aromatic rings. The van der Waals surface area contributed by atoms with E-state index in [-0.39, 0.29) is 11.4 Å². The van der Waals surface area contributed by atoms with Crippen molar-refractivity contribution in [1.82, 2.24) is 15.2 Å². The predicted octanol–water partition coefficient (Wildman–Crippen LogP) is 1.57. The lowest BCUT2D eigenvalue weighted by atomic mass is 10.1. The maximum atomic E-state index is 12.3. The molecule has 2 rings (SSSR count). The van der Waals surface area contributed by atoms with Gasteiger partial charge in [-0.1, -0.05) is 18.1 Å². The van der Waals surface area contributed by atoms with Crippen LogP contribution in [0.2, 0.25) is 0 Å². The third-order valence-electron chi connectivity index (χ3n) is 3.12.